The minimum Gasteiger partial charge on any atom is -0.426 e. The van der Waals surface area contributed by atoms with E-state index >= 15 is 0 Å². The van der Waals surface area contributed by atoms with E-state index < -0.39 is 12.0 Å². The summed E-state index contributed by atoms with van der Waals surface area (Å²) in [4.78, 5) is 11.4. The number of aliphatic hydroxyl groups is 1. The first-order valence-electron chi connectivity index (χ1n) is 4.66. The number of fused-ring (bicyclic) bond motifs is 1. The van der Waals surface area contributed by atoms with Crippen LogP contribution in [0.4, 0.5) is 0 Å². The lowest BCUT2D eigenvalue weighted by Crippen LogP contribution is -2.34. The van der Waals surface area contributed by atoms with Crippen LogP contribution in [0.1, 0.15) is 12.5 Å². The van der Waals surface area contributed by atoms with Crippen LogP contribution >= 0.6 is 0 Å². The Bertz CT molecular complexity index is 357. The van der Waals surface area contributed by atoms with E-state index in [-0.39, 0.29) is 5.97 Å². The van der Waals surface area contributed by atoms with Crippen molar-refractivity contribution in [1.82, 2.24) is 0 Å². The van der Waals surface area contributed by atoms with Crippen LogP contribution in [0.2, 0.25) is 0 Å². The van der Waals surface area contributed by atoms with Gasteiger partial charge in [0.1, 0.15) is 5.75 Å². The van der Waals surface area contributed by atoms with Gasteiger partial charge < -0.3 is 9.84 Å². The smallest absolute Gasteiger partial charge is 0.317 e. The summed E-state index contributed by atoms with van der Waals surface area (Å²) in [6.07, 6.45) is -0.0944. The van der Waals surface area contributed by atoms with Crippen LogP contribution in [0.25, 0.3) is 0 Å². The molecule has 0 radical (unpaired) electrons. The molecule has 74 valence electrons. The second kappa shape index (κ2) is 3.42. The van der Waals surface area contributed by atoms with Crippen LogP contribution in [0.3, 0.4) is 0 Å². The van der Waals surface area contributed by atoms with Gasteiger partial charge in [0, 0.05) is 0 Å². The molecule has 1 aromatic rings. The fraction of sp³-hybridized carbons (Fsp3) is 0.364. The predicted octanol–water partition coefficient (Wildman–Crippen LogP) is 1.15. The quantitative estimate of drug-likeness (QED) is 0.536. The van der Waals surface area contributed by atoms with Gasteiger partial charge >= 0.3 is 5.97 Å². The molecule has 1 aliphatic heterocycles. The first-order valence-corrected chi connectivity index (χ1v) is 4.66. The average Bonchev–Trinajstić information content (AvgIpc) is 2.16. The van der Waals surface area contributed by atoms with Gasteiger partial charge in [-0.2, -0.15) is 0 Å². The van der Waals surface area contributed by atoms with E-state index in [1.165, 1.54) is 0 Å². The number of rotatable bonds is 1. The zero-order valence-corrected chi connectivity index (χ0v) is 7.93. The van der Waals surface area contributed by atoms with Gasteiger partial charge in [0.05, 0.1) is 12.0 Å². The number of esters is 1. The van der Waals surface area contributed by atoms with Crippen LogP contribution in [-0.4, -0.2) is 17.2 Å². The summed E-state index contributed by atoms with van der Waals surface area (Å²) in [5.74, 6) is -0.141. The lowest BCUT2D eigenvalue weighted by Gasteiger charge is -2.24. The van der Waals surface area contributed by atoms with Crippen molar-refractivity contribution in [2.24, 2.45) is 5.92 Å². The third kappa shape index (κ3) is 1.51. The maximum atomic E-state index is 11.4. The first kappa shape index (κ1) is 9.21. The van der Waals surface area contributed by atoms with Crippen molar-refractivity contribution in [3.05, 3.63) is 29.8 Å². The van der Waals surface area contributed by atoms with Gasteiger partial charge in [0.2, 0.25) is 0 Å². The second-order valence-electron chi connectivity index (χ2n) is 3.58. The van der Waals surface area contributed by atoms with Crippen molar-refractivity contribution in [2.75, 3.05) is 0 Å². The van der Waals surface area contributed by atoms with Gasteiger partial charge in [-0.15, -0.1) is 0 Å². The summed E-state index contributed by atoms with van der Waals surface area (Å²) in [7, 11) is 0. The molecule has 1 N–H and O–H groups in total. The Balaban J connectivity index is 2.31. The summed E-state index contributed by atoms with van der Waals surface area (Å²) in [6, 6.07) is 7.41. The molecule has 1 aromatic carbocycles. The van der Waals surface area contributed by atoms with Gasteiger partial charge in [-0.3, -0.25) is 4.79 Å². The molecule has 0 fully saturated rings. The number of hydrogen-bond acceptors (Lipinski definition) is 3. The zero-order valence-electron chi connectivity index (χ0n) is 7.93. The zero-order chi connectivity index (χ0) is 10.1. The third-order valence-electron chi connectivity index (χ3n) is 2.51. The van der Waals surface area contributed by atoms with E-state index in [1.54, 1.807) is 13.0 Å². The maximum Gasteiger partial charge on any atom is 0.317 e. The van der Waals surface area contributed by atoms with Gasteiger partial charge in [0.15, 0.2) is 0 Å². The van der Waals surface area contributed by atoms with E-state index in [0.717, 1.165) is 5.56 Å². The Kier molecular flexibility index (Phi) is 2.25. The molecule has 14 heavy (non-hydrogen) atoms. The third-order valence-corrected chi connectivity index (χ3v) is 2.51. The molecule has 0 spiro atoms. The molecule has 2 atom stereocenters. The first-order chi connectivity index (χ1) is 6.68. The van der Waals surface area contributed by atoms with Gasteiger partial charge in [-0.05, 0) is 25.0 Å². The highest BCUT2D eigenvalue weighted by molar-refractivity contribution is 5.78. The molecule has 0 aromatic heterocycles. The molecule has 0 saturated heterocycles. The van der Waals surface area contributed by atoms with Crippen molar-refractivity contribution in [1.29, 1.82) is 0 Å². The number of aliphatic hydroxyl groups excluding tert-OH is 1. The SMILES string of the molecule is CC(O)C1Cc2ccccc2OC1=O. The molecular formula is C11H12O3. The van der Waals surface area contributed by atoms with Crippen LogP contribution < -0.4 is 4.74 Å². The van der Waals surface area contributed by atoms with E-state index in [9.17, 15) is 9.90 Å². The fourth-order valence-corrected chi connectivity index (χ4v) is 1.64. The van der Waals surface area contributed by atoms with Crippen LogP contribution in [0, 0.1) is 5.92 Å². The molecule has 1 aliphatic rings. The summed E-state index contributed by atoms with van der Waals surface area (Å²) < 4.78 is 5.11. The summed E-state index contributed by atoms with van der Waals surface area (Å²) >= 11 is 0. The maximum absolute atomic E-state index is 11.4. The molecule has 2 unspecified atom stereocenters. The van der Waals surface area contributed by atoms with E-state index in [2.05, 4.69) is 0 Å². The number of hydrogen-bond donors (Lipinski definition) is 1. The summed E-state index contributed by atoms with van der Waals surface area (Å²) in [5.41, 5.74) is 0.984. The lowest BCUT2D eigenvalue weighted by molar-refractivity contribution is -0.143. The summed E-state index contributed by atoms with van der Waals surface area (Å²) in [6.45, 7) is 1.61. The topological polar surface area (TPSA) is 46.5 Å². The molecule has 0 bridgehead atoms. The minimum atomic E-state index is -0.657. The molecule has 0 saturated carbocycles. The number of benzene rings is 1. The fourth-order valence-electron chi connectivity index (χ4n) is 1.64. The van der Waals surface area contributed by atoms with Crippen LogP contribution in [0.5, 0.6) is 5.75 Å². The Labute approximate surface area is 82.3 Å². The Morgan fingerprint density at radius 3 is 2.93 bits per heavy atom. The Hall–Kier alpha value is -1.35. The largest absolute Gasteiger partial charge is 0.426 e. The Morgan fingerprint density at radius 2 is 2.21 bits per heavy atom. The summed E-state index contributed by atoms with van der Waals surface area (Å²) in [5, 5.41) is 9.37. The normalized spacial score (nSPS) is 22.4. The molecule has 1 heterocycles. The molecule has 3 nitrogen and oxygen atoms in total. The van der Waals surface area contributed by atoms with Crippen molar-refractivity contribution in [3.8, 4) is 5.75 Å². The number of carbonyl (C=O) groups is 1. The highest BCUT2D eigenvalue weighted by Crippen LogP contribution is 2.28. The number of para-hydroxylation sites is 1. The van der Waals surface area contributed by atoms with Gasteiger partial charge in [-0.1, -0.05) is 18.2 Å². The molecule has 2 rings (SSSR count). The number of ether oxygens (including phenoxy) is 1. The van der Waals surface area contributed by atoms with Crippen LogP contribution in [-0.2, 0) is 11.2 Å². The monoisotopic (exact) mass is 192 g/mol. The standard InChI is InChI=1S/C11H12O3/c1-7(12)9-6-8-4-2-3-5-10(8)14-11(9)13/h2-5,7,9,12H,6H2,1H3. The molecular weight excluding hydrogens is 180 g/mol. The van der Waals surface area contributed by atoms with Crippen molar-refractivity contribution >= 4 is 5.97 Å². The van der Waals surface area contributed by atoms with Crippen molar-refractivity contribution < 1.29 is 14.6 Å². The predicted molar refractivity (Wildman–Crippen MR) is 51.0 cm³/mol. The molecule has 3 heteroatoms. The van der Waals surface area contributed by atoms with Gasteiger partial charge in [0.25, 0.3) is 0 Å². The van der Waals surface area contributed by atoms with E-state index in [4.69, 9.17) is 4.74 Å². The van der Waals surface area contributed by atoms with Crippen molar-refractivity contribution in [3.63, 3.8) is 0 Å². The number of carbonyl (C=O) groups excluding carboxylic acids is 1. The van der Waals surface area contributed by atoms with Crippen molar-refractivity contribution in [2.45, 2.75) is 19.4 Å². The average molecular weight is 192 g/mol. The highest BCUT2D eigenvalue weighted by atomic mass is 16.5. The van der Waals surface area contributed by atoms with Gasteiger partial charge in [-0.25, -0.2) is 0 Å². The van der Waals surface area contributed by atoms with Crippen LogP contribution in [0.15, 0.2) is 24.3 Å². The molecule has 0 amide bonds. The second-order valence-corrected chi connectivity index (χ2v) is 3.58. The van der Waals surface area contributed by atoms with E-state index in [1.807, 2.05) is 18.2 Å². The molecule has 0 aliphatic carbocycles. The Morgan fingerprint density at radius 1 is 1.50 bits per heavy atom. The minimum absolute atomic E-state index is 0.335. The van der Waals surface area contributed by atoms with E-state index in [0.29, 0.717) is 12.2 Å². The highest BCUT2D eigenvalue weighted by Gasteiger charge is 2.31. The lowest BCUT2D eigenvalue weighted by atomic mass is 9.92.